The van der Waals surface area contributed by atoms with Crippen LogP contribution in [-0.4, -0.2) is 48.3 Å². The molecule has 1 aliphatic rings. The largest absolute Gasteiger partial charge is 0.378 e. The average Bonchev–Trinajstić information content (AvgIpc) is 2.73. The van der Waals surface area contributed by atoms with Crippen LogP contribution in [-0.2, 0) is 9.53 Å². The molecule has 0 saturated carbocycles. The van der Waals surface area contributed by atoms with Crippen molar-refractivity contribution in [2.75, 3.05) is 36.5 Å². The molecule has 2 amide bonds. The van der Waals surface area contributed by atoms with Gasteiger partial charge in [0.25, 0.3) is 11.8 Å². The third-order valence-electron chi connectivity index (χ3n) is 4.13. The SMILES string of the molecule is O=C(/C=C/c1ccccc1NC(=O)c1ccncc1N1CCOCC1)NO. The second-order valence-electron chi connectivity index (χ2n) is 5.84. The van der Waals surface area contributed by atoms with E-state index < -0.39 is 5.91 Å². The van der Waals surface area contributed by atoms with Crippen molar-refractivity contribution in [3.63, 3.8) is 0 Å². The lowest BCUT2D eigenvalue weighted by molar-refractivity contribution is -0.124. The molecule has 3 N–H and O–H groups in total. The van der Waals surface area contributed by atoms with E-state index in [1.165, 1.54) is 17.6 Å². The van der Waals surface area contributed by atoms with E-state index in [9.17, 15) is 9.59 Å². The molecule has 140 valence electrons. The molecule has 3 rings (SSSR count). The highest BCUT2D eigenvalue weighted by atomic mass is 16.5. The standard InChI is InChI=1S/C19H20N4O4/c24-18(22-26)6-5-14-3-1-2-4-16(14)21-19(25)15-7-8-20-13-17(15)23-9-11-27-12-10-23/h1-8,13,26H,9-12H2,(H,21,25)(H,22,24)/b6-5+. The highest BCUT2D eigenvalue weighted by Crippen LogP contribution is 2.23. The predicted octanol–water partition coefficient (Wildman–Crippen LogP) is 1.69. The molecule has 0 aliphatic carbocycles. The van der Waals surface area contributed by atoms with E-state index in [2.05, 4.69) is 15.2 Å². The molecular weight excluding hydrogens is 348 g/mol. The Morgan fingerprint density at radius 2 is 1.96 bits per heavy atom. The van der Waals surface area contributed by atoms with E-state index >= 15 is 0 Å². The fourth-order valence-corrected chi connectivity index (χ4v) is 2.78. The summed E-state index contributed by atoms with van der Waals surface area (Å²) in [6.07, 6.45) is 5.95. The fraction of sp³-hybridized carbons (Fsp3) is 0.211. The molecule has 0 atom stereocenters. The zero-order chi connectivity index (χ0) is 19.1. The van der Waals surface area contributed by atoms with Gasteiger partial charge in [-0.1, -0.05) is 18.2 Å². The number of anilines is 2. The van der Waals surface area contributed by atoms with Crippen molar-refractivity contribution in [2.45, 2.75) is 0 Å². The summed E-state index contributed by atoms with van der Waals surface area (Å²) < 4.78 is 5.37. The van der Waals surface area contributed by atoms with Gasteiger partial charge in [-0.2, -0.15) is 0 Å². The summed E-state index contributed by atoms with van der Waals surface area (Å²) in [6.45, 7) is 2.61. The number of hydrogen-bond acceptors (Lipinski definition) is 6. The van der Waals surface area contributed by atoms with Crippen molar-refractivity contribution < 1.29 is 19.5 Å². The number of morpholine rings is 1. The highest BCUT2D eigenvalue weighted by Gasteiger charge is 2.19. The second-order valence-corrected chi connectivity index (χ2v) is 5.84. The van der Waals surface area contributed by atoms with Gasteiger partial charge in [-0.05, 0) is 23.8 Å². The number of hydrogen-bond donors (Lipinski definition) is 3. The average molecular weight is 368 g/mol. The van der Waals surface area contributed by atoms with E-state index in [0.717, 1.165) is 5.69 Å². The van der Waals surface area contributed by atoms with Crippen LogP contribution in [0.2, 0.25) is 0 Å². The molecule has 8 heteroatoms. The van der Waals surface area contributed by atoms with E-state index in [1.54, 1.807) is 42.7 Å². The van der Waals surface area contributed by atoms with Crippen molar-refractivity contribution in [3.05, 3.63) is 59.9 Å². The molecule has 8 nitrogen and oxygen atoms in total. The molecule has 1 aromatic heterocycles. The number of pyridine rings is 1. The first kappa shape index (κ1) is 18.6. The summed E-state index contributed by atoms with van der Waals surface area (Å²) in [7, 11) is 0. The Morgan fingerprint density at radius 3 is 2.74 bits per heavy atom. The summed E-state index contributed by atoms with van der Waals surface area (Å²) in [5.41, 5.74) is 3.98. The number of ether oxygens (including phenoxy) is 1. The molecular formula is C19H20N4O4. The molecule has 27 heavy (non-hydrogen) atoms. The van der Waals surface area contributed by atoms with Crippen LogP contribution in [0.25, 0.3) is 6.08 Å². The number of nitrogens with zero attached hydrogens (tertiary/aromatic N) is 2. The first-order valence-electron chi connectivity index (χ1n) is 8.48. The minimum absolute atomic E-state index is 0.272. The van der Waals surface area contributed by atoms with Gasteiger partial charge >= 0.3 is 0 Å². The van der Waals surface area contributed by atoms with Gasteiger partial charge in [-0.3, -0.25) is 19.8 Å². The molecule has 1 saturated heterocycles. The van der Waals surface area contributed by atoms with Gasteiger partial charge in [0.2, 0.25) is 0 Å². The third kappa shape index (κ3) is 4.69. The minimum Gasteiger partial charge on any atom is -0.378 e. The van der Waals surface area contributed by atoms with Gasteiger partial charge in [0.1, 0.15) is 0 Å². The maximum Gasteiger partial charge on any atom is 0.267 e. The Bertz CT molecular complexity index is 847. The Morgan fingerprint density at radius 1 is 1.19 bits per heavy atom. The van der Waals surface area contributed by atoms with Crippen LogP contribution in [0.4, 0.5) is 11.4 Å². The van der Waals surface area contributed by atoms with Crippen LogP contribution in [0.3, 0.4) is 0 Å². The van der Waals surface area contributed by atoms with Crippen LogP contribution in [0.1, 0.15) is 15.9 Å². The Kier molecular flexibility index (Phi) is 6.14. The lowest BCUT2D eigenvalue weighted by atomic mass is 10.1. The van der Waals surface area contributed by atoms with Crippen molar-refractivity contribution in [3.8, 4) is 0 Å². The maximum atomic E-state index is 12.9. The number of hydroxylamine groups is 1. The molecule has 0 spiro atoms. The Hall–Kier alpha value is -3.23. The van der Waals surface area contributed by atoms with Crippen molar-refractivity contribution in [2.24, 2.45) is 0 Å². The van der Waals surface area contributed by atoms with Crippen LogP contribution in [0.5, 0.6) is 0 Å². The van der Waals surface area contributed by atoms with Gasteiger partial charge < -0.3 is 15.0 Å². The Balaban J connectivity index is 1.83. The maximum absolute atomic E-state index is 12.9. The number of amides is 2. The molecule has 0 unspecified atom stereocenters. The molecule has 0 radical (unpaired) electrons. The minimum atomic E-state index is -0.653. The van der Waals surface area contributed by atoms with Crippen LogP contribution in [0.15, 0.2) is 48.8 Å². The van der Waals surface area contributed by atoms with Gasteiger partial charge in [0, 0.05) is 31.0 Å². The normalized spacial score (nSPS) is 14.2. The van der Waals surface area contributed by atoms with E-state index in [-0.39, 0.29) is 5.91 Å². The summed E-state index contributed by atoms with van der Waals surface area (Å²) in [5, 5.41) is 11.5. The smallest absolute Gasteiger partial charge is 0.267 e. The van der Waals surface area contributed by atoms with Gasteiger partial charge in [-0.25, -0.2) is 5.48 Å². The summed E-state index contributed by atoms with van der Waals surface area (Å²) in [4.78, 5) is 30.3. The van der Waals surface area contributed by atoms with Crippen LogP contribution < -0.4 is 15.7 Å². The van der Waals surface area contributed by atoms with Crippen molar-refractivity contribution >= 4 is 29.3 Å². The molecule has 1 aliphatic heterocycles. The monoisotopic (exact) mass is 368 g/mol. The quantitative estimate of drug-likeness (QED) is 0.422. The number of para-hydroxylation sites is 1. The summed E-state index contributed by atoms with van der Waals surface area (Å²) in [5.74, 6) is -0.925. The lowest BCUT2D eigenvalue weighted by Crippen LogP contribution is -2.37. The predicted molar refractivity (Wildman–Crippen MR) is 101 cm³/mol. The number of benzene rings is 1. The summed E-state index contributed by atoms with van der Waals surface area (Å²) in [6, 6.07) is 8.75. The number of aromatic nitrogens is 1. The number of nitrogens with one attached hydrogen (secondary N) is 2. The number of rotatable bonds is 5. The summed E-state index contributed by atoms with van der Waals surface area (Å²) >= 11 is 0. The van der Waals surface area contributed by atoms with Gasteiger partial charge in [0.05, 0.1) is 30.7 Å². The van der Waals surface area contributed by atoms with Crippen LogP contribution >= 0.6 is 0 Å². The zero-order valence-corrected chi connectivity index (χ0v) is 14.6. The number of carbonyl (C=O) groups is 2. The molecule has 1 fully saturated rings. The van der Waals surface area contributed by atoms with Crippen molar-refractivity contribution in [1.82, 2.24) is 10.5 Å². The number of carbonyl (C=O) groups excluding carboxylic acids is 2. The highest BCUT2D eigenvalue weighted by molar-refractivity contribution is 6.09. The first-order chi connectivity index (χ1) is 13.2. The van der Waals surface area contributed by atoms with E-state index in [1.807, 2.05) is 0 Å². The first-order valence-corrected chi connectivity index (χ1v) is 8.48. The van der Waals surface area contributed by atoms with Crippen LogP contribution in [0, 0.1) is 0 Å². The molecule has 0 bridgehead atoms. The van der Waals surface area contributed by atoms with E-state index in [4.69, 9.17) is 9.94 Å². The molecule has 2 aromatic rings. The van der Waals surface area contributed by atoms with Crippen molar-refractivity contribution in [1.29, 1.82) is 0 Å². The second kappa shape index (κ2) is 8.93. The van der Waals surface area contributed by atoms with E-state index in [0.29, 0.717) is 43.1 Å². The van der Waals surface area contributed by atoms with Gasteiger partial charge in [0.15, 0.2) is 0 Å². The molecule has 2 heterocycles. The Labute approximate surface area is 156 Å². The third-order valence-corrected chi connectivity index (χ3v) is 4.13. The van der Waals surface area contributed by atoms with Gasteiger partial charge in [-0.15, -0.1) is 0 Å². The molecule has 1 aromatic carbocycles. The topological polar surface area (TPSA) is 104 Å². The fourth-order valence-electron chi connectivity index (χ4n) is 2.78. The zero-order valence-electron chi connectivity index (χ0n) is 14.6. The lowest BCUT2D eigenvalue weighted by Gasteiger charge is -2.29.